The van der Waals surface area contributed by atoms with Crippen LogP contribution in [-0.2, 0) is 0 Å². The molecule has 0 bridgehead atoms. The highest BCUT2D eigenvalue weighted by molar-refractivity contribution is 9.11. The number of carbonyl (C=O) groups is 1. The molecule has 0 saturated carbocycles. The van der Waals surface area contributed by atoms with Crippen LogP contribution in [0, 0.1) is 0 Å². The quantitative estimate of drug-likeness (QED) is 0.567. The van der Waals surface area contributed by atoms with Crippen LogP contribution >= 0.6 is 31.9 Å². The van der Waals surface area contributed by atoms with Gasteiger partial charge in [0.1, 0.15) is 5.75 Å². The Morgan fingerprint density at radius 1 is 1.12 bits per heavy atom. The second kappa shape index (κ2) is 8.81. The third-order valence-electron chi connectivity index (χ3n) is 3.85. The first kappa shape index (κ1) is 19.2. The molecule has 1 aromatic carbocycles. The average molecular weight is 458 g/mol. The Balaban J connectivity index is 2.50. The Kier molecular flexibility index (Phi) is 7.04. The van der Waals surface area contributed by atoms with E-state index >= 15 is 0 Å². The van der Waals surface area contributed by atoms with Crippen LogP contribution in [0.1, 0.15) is 55.5 Å². The van der Waals surface area contributed by atoms with Crippen LogP contribution < -0.4 is 5.32 Å². The maximum absolute atomic E-state index is 12.8. The minimum absolute atomic E-state index is 0.0562. The Hall–Kier alpha value is -1.14. The lowest BCUT2D eigenvalue weighted by Gasteiger charge is -2.21. The lowest BCUT2D eigenvalue weighted by atomic mass is 9.91. The van der Waals surface area contributed by atoms with Crippen molar-refractivity contribution in [3.63, 3.8) is 0 Å². The summed E-state index contributed by atoms with van der Waals surface area (Å²) in [5.41, 5.74) is 2.15. The zero-order valence-electron chi connectivity index (χ0n) is 14.0. The van der Waals surface area contributed by atoms with Crippen molar-refractivity contribution in [2.45, 2.75) is 39.5 Å². The molecule has 0 heterocycles. The van der Waals surface area contributed by atoms with E-state index in [1.807, 2.05) is 0 Å². The van der Waals surface area contributed by atoms with Crippen molar-refractivity contribution in [3.05, 3.63) is 37.9 Å². The molecule has 6 heteroatoms. The summed E-state index contributed by atoms with van der Waals surface area (Å²) < 4.78 is 1.19. The van der Waals surface area contributed by atoms with Gasteiger partial charge in [-0.15, -0.1) is 0 Å². The molecule has 4 nitrogen and oxygen atoms in total. The van der Waals surface area contributed by atoms with E-state index in [1.165, 1.54) is 0 Å². The van der Waals surface area contributed by atoms with Gasteiger partial charge in [0.2, 0.25) is 5.78 Å². The molecule has 0 spiro atoms. The predicted molar refractivity (Wildman–Crippen MR) is 105 cm³/mol. The fourth-order valence-corrected chi connectivity index (χ4v) is 3.84. The van der Waals surface area contributed by atoms with E-state index in [2.05, 4.69) is 56.0 Å². The fraction of sp³-hybridized carbons (Fsp3) is 0.444. The number of allylic oxidation sites excluding steroid dienone is 2. The topological polar surface area (TPSA) is 61.7 Å². The maximum atomic E-state index is 12.8. The molecule has 0 aromatic heterocycles. The van der Waals surface area contributed by atoms with Crippen LogP contribution in [0.15, 0.2) is 31.8 Å². The van der Waals surface area contributed by atoms with Crippen molar-refractivity contribution < 1.29 is 9.90 Å². The number of nitrogens with one attached hydrogen (secondary N) is 1. The standard InChI is InChI=1S/C18H22Br2N2O2/c1-3-5-7-21-13-10-14(22-8-6-4-2)18(24)15-11(19)9-12(20)17(23)16(13)15/h9-10,22-23H,3-8H2,1-2H3. The van der Waals surface area contributed by atoms with Gasteiger partial charge < -0.3 is 10.4 Å². The van der Waals surface area contributed by atoms with E-state index in [-0.39, 0.29) is 11.5 Å². The van der Waals surface area contributed by atoms with E-state index in [4.69, 9.17) is 0 Å². The lowest BCUT2D eigenvalue weighted by molar-refractivity contribution is 0.102. The molecule has 0 saturated heterocycles. The molecule has 1 aliphatic rings. The van der Waals surface area contributed by atoms with Crippen LogP contribution in [0.25, 0.3) is 0 Å². The Labute approximate surface area is 159 Å². The number of halogens is 2. The monoisotopic (exact) mass is 456 g/mol. The molecule has 0 atom stereocenters. The number of phenolic OH excluding ortho intramolecular Hbond substituents is 1. The summed E-state index contributed by atoms with van der Waals surface area (Å²) in [6.07, 6.45) is 5.82. The summed E-state index contributed by atoms with van der Waals surface area (Å²) in [5, 5.41) is 13.7. The minimum Gasteiger partial charge on any atom is -0.506 e. The minimum atomic E-state index is -0.120. The van der Waals surface area contributed by atoms with Crippen LogP contribution in [0.2, 0.25) is 0 Å². The van der Waals surface area contributed by atoms with Gasteiger partial charge in [-0.1, -0.05) is 26.7 Å². The maximum Gasteiger partial charge on any atom is 0.210 e. The number of aromatic hydroxyl groups is 1. The molecule has 2 rings (SSSR count). The van der Waals surface area contributed by atoms with Gasteiger partial charge >= 0.3 is 0 Å². The highest BCUT2D eigenvalue weighted by Gasteiger charge is 2.30. The van der Waals surface area contributed by atoms with Crippen molar-refractivity contribution in [2.75, 3.05) is 13.1 Å². The van der Waals surface area contributed by atoms with Gasteiger partial charge in [0, 0.05) is 17.6 Å². The van der Waals surface area contributed by atoms with Gasteiger partial charge in [0.15, 0.2) is 0 Å². The van der Waals surface area contributed by atoms with Gasteiger partial charge in [-0.05, 0) is 56.8 Å². The van der Waals surface area contributed by atoms with Crippen LogP contribution in [-0.4, -0.2) is 29.7 Å². The van der Waals surface area contributed by atoms with Crippen molar-refractivity contribution in [1.29, 1.82) is 0 Å². The number of aliphatic imine (C=N–C) groups is 1. The first-order chi connectivity index (χ1) is 11.5. The number of carbonyl (C=O) groups excluding carboxylic acids is 1. The molecule has 2 N–H and O–H groups in total. The zero-order valence-corrected chi connectivity index (χ0v) is 17.1. The molecule has 1 aliphatic carbocycles. The number of rotatable bonds is 7. The second-order valence-corrected chi connectivity index (χ2v) is 7.44. The lowest BCUT2D eigenvalue weighted by Crippen LogP contribution is -2.28. The summed E-state index contributed by atoms with van der Waals surface area (Å²) in [7, 11) is 0. The molecular formula is C18H22Br2N2O2. The number of hydrogen-bond donors (Lipinski definition) is 2. The first-order valence-electron chi connectivity index (χ1n) is 8.27. The van der Waals surface area contributed by atoms with Gasteiger partial charge in [-0.3, -0.25) is 9.79 Å². The summed E-state index contributed by atoms with van der Waals surface area (Å²) >= 11 is 6.79. The van der Waals surface area contributed by atoms with E-state index in [1.54, 1.807) is 12.1 Å². The van der Waals surface area contributed by atoms with Crippen molar-refractivity contribution >= 4 is 43.4 Å². The number of phenols is 1. The average Bonchev–Trinajstić information content (AvgIpc) is 2.55. The van der Waals surface area contributed by atoms with Crippen molar-refractivity contribution in [1.82, 2.24) is 5.32 Å². The van der Waals surface area contributed by atoms with Gasteiger partial charge in [0.05, 0.1) is 27.0 Å². The highest BCUT2D eigenvalue weighted by Crippen LogP contribution is 2.39. The fourth-order valence-electron chi connectivity index (χ4n) is 2.50. The Bertz CT molecular complexity index is 697. The summed E-state index contributed by atoms with van der Waals surface area (Å²) in [4.78, 5) is 17.4. The number of benzene rings is 1. The van der Waals surface area contributed by atoms with Crippen molar-refractivity contribution in [2.24, 2.45) is 4.99 Å². The number of unbranched alkanes of at least 4 members (excludes halogenated alkanes) is 2. The van der Waals surface area contributed by atoms with Crippen molar-refractivity contribution in [3.8, 4) is 5.75 Å². The summed E-state index contributed by atoms with van der Waals surface area (Å²) in [6.45, 7) is 5.63. The van der Waals surface area contributed by atoms with Crippen LogP contribution in [0.5, 0.6) is 5.75 Å². The van der Waals surface area contributed by atoms with E-state index in [0.717, 1.165) is 32.2 Å². The SMILES string of the molecule is CCCCN=C1C=C(NCCCC)C(=O)c2c(Br)cc(Br)c(O)c21. The van der Waals surface area contributed by atoms with Crippen LogP contribution in [0.4, 0.5) is 0 Å². The third-order valence-corrected chi connectivity index (χ3v) is 5.08. The van der Waals surface area contributed by atoms with Gasteiger partial charge in [-0.2, -0.15) is 0 Å². The molecule has 1 aromatic rings. The normalized spacial score (nSPS) is 15.4. The predicted octanol–water partition coefficient (Wildman–Crippen LogP) is 4.98. The molecule has 0 amide bonds. The summed E-state index contributed by atoms with van der Waals surface area (Å²) in [5.74, 6) is -0.0640. The molecule has 0 unspecified atom stereocenters. The van der Waals surface area contributed by atoms with E-state index in [0.29, 0.717) is 38.0 Å². The van der Waals surface area contributed by atoms with Gasteiger partial charge in [-0.25, -0.2) is 0 Å². The second-order valence-electron chi connectivity index (χ2n) is 5.73. The van der Waals surface area contributed by atoms with Gasteiger partial charge in [0.25, 0.3) is 0 Å². The number of ketones is 1. The first-order valence-corrected chi connectivity index (χ1v) is 9.85. The smallest absolute Gasteiger partial charge is 0.210 e. The Morgan fingerprint density at radius 3 is 2.50 bits per heavy atom. The molecular weight excluding hydrogens is 436 g/mol. The molecule has 0 fully saturated rings. The largest absolute Gasteiger partial charge is 0.506 e. The third kappa shape index (κ3) is 4.09. The highest BCUT2D eigenvalue weighted by atomic mass is 79.9. The number of hydrogen-bond acceptors (Lipinski definition) is 4. The number of nitrogens with zero attached hydrogens (tertiary/aromatic N) is 1. The van der Waals surface area contributed by atoms with E-state index < -0.39 is 0 Å². The summed E-state index contributed by atoms with van der Waals surface area (Å²) in [6, 6.07) is 1.70. The van der Waals surface area contributed by atoms with Crippen LogP contribution in [0.3, 0.4) is 0 Å². The molecule has 24 heavy (non-hydrogen) atoms. The zero-order chi connectivity index (χ0) is 17.7. The molecule has 0 aliphatic heterocycles. The molecule has 130 valence electrons. The van der Waals surface area contributed by atoms with E-state index in [9.17, 15) is 9.90 Å². The number of Topliss-reactive ketones (excluding diaryl/α,β-unsaturated/α-hetero) is 1. The number of fused-ring (bicyclic) bond motifs is 1. The molecule has 0 radical (unpaired) electrons. The Morgan fingerprint density at radius 2 is 1.83 bits per heavy atom.